The highest BCUT2D eigenvalue weighted by Crippen LogP contribution is 2.54. The van der Waals surface area contributed by atoms with Gasteiger partial charge in [-0.1, -0.05) is 66.2 Å². The largest absolute Gasteiger partial charge is 0.508 e. The molecule has 3 amide bonds. The Balaban J connectivity index is 1.40. The van der Waals surface area contributed by atoms with Crippen LogP contribution in [-0.2, 0) is 32.8 Å². The molecule has 2 saturated heterocycles. The summed E-state index contributed by atoms with van der Waals surface area (Å²) in [6.07, 6.45) is 0.952. The molecule has 6 rings (SSSR count). The fourth-order valence-electron chi connectivity index (χ4n) is 6.02. The number of para-hydroxylation sites is 1. The van der Waals surface area contributed by atoms with Crippen molar-refractivity contribution in [3.63, 3.8) is 0 Å². The minimum Gasteiger partial charge on any atom is -0.508 e. The van der Waals surface area contributed by atoms with Crippen molar-refractivity contribution in [1.29, 1.82) is 0 Å². The Hall–Kier alpha value is -3.68. The summed E-state index contributed by atoms with van der Waals surface area (Å²) in [5, 5.41) is 16.3. The van der Waals surface area contributed by atoms with Crippen molar-refractivity contribution < 1.29 is 19.5 Å². The van der Waals surface area contributed by atoms with Gasteiger partial charge in [0.05, 0.1) is 22.5 Å². The van der Waals surface area contributed by atoms with Crippen molar-refractivity contribution in [2.24, 2.45) is 11.8 Å². The van der Waals surface area contributed by atoms with Gasteiger partial charge in [0.15, 0.2) is 0 Å². The molecule has 0 aromatic heterocycles. The molecule has 7 nitrogen and oxygen atoms in total. The highest BCUT2D eigenvalue weighted by molar-refractivity contribution is 6.35. The Kier molecular flexibility index (Phi) is 5.35. The second kappa shape index (κ2) is 8.47. The molecule has 0 saturated carbocycles. The van der Waals surface area contributed by atoms with E-state index in [1.165, 1.54) is 4.90 Å². The molecule has 2 fully saturated rings. The predicted octanol–water partition coefficient (Wildman–Crippen LogP) is 3.25. The molecule has 0 radical (unpaired) electrons. The number of phenols is 1. The number of anilines is 1. The summed E-state index contributed by atoms with van der Waals surface area (Å²) in [7, 11) is 0. The minimum atomic E-state index is -1.39. The SMILES string of the molecule is O=C1[C@H]2[C@@H](C(=O)N1CCc1ccccc1)[C@@]1(N[C@@H]2Cc2ccc(O)cc2)C(=O)Nc2c(Cl)cccc21. The van der Waals surface area contributed by atoms with Gasteiger partial charge in [0, 0.05) is 18.2 Å². The van der Waals surface area contributed by atoms with Crippen molar-refractivity contribution in [1.82, 2.24) is 10.2 Å². The van der Waals surface area contributed by atoms with Crippen LogP contribution in [0.5, 0.6) is 5.75 Å². The van der Waals surface area contributed by atoms with Crippen LogP contribution < -0.4 is 10.6 Å². The maximum absolute atomic E-state index is 13.9. The zero-order valence-corrected chi connectivity index (χ0v) is 20.0. The van der Waals surface area contributed by atoms with Crippen molar-refractivity contribution in [2.45, 2.75) is 24.4 Å². The van der Waals surface area contributed by atoms with Crippen LogP contribution in [0.3, 0.4) is 0 Å². The molecule has 3 heterocycles. The topological polar surface area (TPSA) is 98.7 Å². The third kappa shape index (κ3) is 3.34. The monoisotopic (exact) mass is 501 g/mol. The predicted molar refractivity (Wildman–Crippen MR) is 134 cm³/mol. The number of carbonyl (C=O) groups is 3. The number of hydrogen-bond donors (Lipinski definition) is 3. The van der Waals surface area contributed by atoms with Crippen LogP contribution in [0.25, 0.3) is 0 Å². The molecular formula is C28H24ClN3O4. The lowest BCUT2D eigenvalue weighted by Gasteiger charge is -2.29. The second-order valence-electron chi connectivity index (χ2n) is 9.61. The molecule has 4 atom stereocenters. The molecule has 3 N–H and O–H groups in total. The summed E-state index contributed by atoms with van der Waals surface area (Å²) in [4.78, 5) is 42.6. The first kappa shape index (κ1) is 22.8. The summed E-state index contributed by atoms with van der Waals surface area (Å²) in [6.45, 7) is 0.251. The van der Waals surface area contributed by atoms with Gasteiger partial charge in [0.2, 0.25) is 17.7 Å². The van der Waals surface area contributed by atoms with Crippen molar-refractivity contribution >= 4 is 35.0 Å². The fourth-order valence-corrected chi connectivity index (χ4v) is 6.24. The number of nitrogens with zero attached hydrogens (tertiary/aromatic N) is 1. The van der Waals surface area contributed by atoms with Gasteiger partial charge in [-0.2, -0.15) is 0 Å². The maximum atomic E-state index is 13.9. The van der Waals surface area contributed by atoms with Crippen LogP contribution in [0.1, 0.15) is 16.7 Å². The van der Waals surface area contributed by atoms with Crippen molar-refractivity contribution in [3.8, 4) is 5.75 Å². The lowest BCUT2D eigenvalue weighted by Crippen LogP contribution is -2.53. The van der Waals surface area contributed by atoms with E-state index in [2.05, 4.69) is 10.6 Å². The summed E-state index contributed by atoms with van der Waals surface area (Å²) < 4.78 is 0. The first-order valence-corrected chi connectivity index (χ1v) is 12.3. The third-order valence-electron chi connectivity index (χ3n) is 7.65. The van der Waals surface area contributed by atoms with E-state index in [0.717, 1.165) is 11.1 Å². The van der Waals surface area contributed by atoms with Crippen LogP contribution in [0.4, 0.5) is 5.69 Å². The van der Waals surface area contributed by atoms with Gasteiger partial charge in [-0.25, -0.2) is 0 Å². The Bertz CT molecular complexity index is 1380. The van der Waals surface area contributed by atoms with Crippen molar-refractivity contribution in [3.05, 3.63) is 94.5 Å². The van der Waals surface area contributed by atoms with E-state index in [-0.39, 0.29) is 30.0 Å². The molecule has 0 bridgehead atoms. The van der Waals surface area contributed by atoms with E-state index in [9.17, 15) is 19.5 Å². The molecule has 1 spiro atoms. The van der Waals surface area contributed by atoms with Gasteiger partial charge < -0.3 is 10.4 Å². The summed E-state index contributed by atoms with van der Waals surface area (Å²) in [5.41, 5.74) is 1.59. The van der Waals surface area contributed by atoms with E-state index in [1.54, 1.807) is 42.5 Å². The molecule has 36 heavy (non-hydrogen) atoms. The number of nitrogens with one attached hydrogen (secondary N) is 2. The van der Waals surface area contributed by atoms with Crippen LogP contribution in [0.2, 0.25) is 5.02 Å². The summed E-state index contributed by atoms with van der Waals surface area (Å²) in [6, 6.07) is 21.2. The fraction of sp³-hybridized carbons (Fsp3) is 0.250. The van der Waals surface area contributed by atoms with Gasteiger partial charge in [-0.3, -0.25) is 24.6 Å². The molecule has 3 aromatic carbocycles. The summed E-state index contributed by atoms with van der Waals surface area (Å²) in [5.74, 6) is -2.44. The number of aromatic hydroxyl groups is 1. The smallest absolute Gasteiger partial charge is 0.250 e. The van der Waals surface area contributed by atoms with Gasteiger partial charge in [0.1, 0.15) is 11.3 Å². The number of fused-ring (bicyclic) bond motifs is 4. The zero-order valence-electron chi connectivity index (χ0n) is 19.3. The van der Waals surface area contributed by atoms with Gasteiger partial charge in [-0.15, -0.1) is 0 Å². The highest BCUT2D eigenvalue weighted by atomic mass is 35.5. The van der Waals surface area contributed by atoms with Crippen molar-refractivity contribution in [2.75, 3.05) is 11.9 Å². The Morgan fingerprint density at radius 2 is 1.64 bits per heavy atom. The Labute approximate surface area is 213 Å². The number of amides is 3. The van der Waals surface area contributed by atoms with E-state index in [1.807, 2.05) is 30.3 Å². The zero-order chi connectivity index (χ0) is 25.0. The molecule has 182 valence electrons. The average Bonchev–Trinajstić information content (AvgIpc) is 3.45. The molecule has 3 aromatic rings. The van der Waals surface area contributed by atoms with Gasteiger partial charge in [-0.05, 0) is 42.2 Å². The number of carbonyl (C=O) groups excluding carboxylic acids is 3. The van der Waals surface area contributed by atoms with E-state index in [4.69, 9.17) is 11.6 Å². The molecule has 0 aliphatic carbocycles. The van der Waals surface area contributed by atoms with E-state index >= 15 is 0 Å². The van der Waals surface area contributed by atoms with E-state index in [0.29, 0.717) is 29.1 Å². The molecule has 0 unspecified atom stereocenters. The van der Waals surface area contributed by atoms with Crippen LogP contribution in [0.15, 0.2) is 72.8 Å². The van der Waals surface area contributed by atoms with E-state index < -0.39 is 23.4 Å². The van der Waals surface area contributed by atoms with Gasteiger partial charge >= 0.3 is 0 Å². The lowest BCUT2D eigenvalue weighted by atomic mass is 9.76. The minimum absolute atomic E-state index is 0.144. The average molecular weight is 502 g/mol. The summed E-state index contributed by atoms with van der Waals surface area (Å²) >= 11 is 6.40. The first-order chi connectivity index (χ1) is 17.4. The molecule has 3 aliphatic heterocycles. The Morgan fingerprint density at radius 3 is 2.39 bits per heavy atom. The van der Waals surface area contributed by atoms with Crippen LogP contribution in [-0.4, -0.2) is 40.3 Å². The molecule has 3 aliphatic rings. The Morgan fingerprint density at radius 1 is 0.889 bits per heavy atom. The van der Waals surface area contributed by atoms with Crippen LogP contribution >= 0.6 is 11.6 Å². The molecule has 8 heteroatoms. The van der Waals surface area contributed by atoms with Crippen LogP contribution in [0, 0.1) is 11.8 Å². The number of phenolic OH excluding ortho intramolecular Hbond substituents is 1. The molecular weight excluding hydrogens is 478 g/mol. The lowest BCUT2D eigenvalue weighted by molar-refractivity contribution is -0.142. The normalized spacial score (nSPS) is 26.4. The number of benzene rings is 3. The standard InChI is InChI=1S/C28H24ClN3O4/c29-20-8-4-7-19-24(20)30-27(36)28(19)23-22(21(31-28)15-17-9-11-18(33)12-10-17)25(34)32(26(23)35)14-13-16-5-2-1-3-6-16/h1-12,21-23,31,33H,13-15H2,(H,30,36)/t21-,22-,23+,28-/m1/s1. The first-order valence-electron chi connectivity index (χ1n) is 12.0. The number of hydrogen-bond acceptors (Lipinski definition) is 5. The number of imide groups is 1. The number of halogens is 1. The quantitative estimate of drug-likeness (QED) is 0.466. The number of likely N-dealkylation sites (tertiary alicyclic amines) is 1. The maximum Gasteiger partial charge on any atom is 0.250 e. The van der Waals surface area contributed by atoms with Gasteiger partial charge in [0.25, 0.3) is 0 Å². The third-order valence-corrected chi connectivity index (χ3v) is 7.96. The highest BCUT2D eigenvalue weighted by Gasteiger charge is 2.70. The number of rotatable bonds is 5. The second-order valence-corrected chi connectivity index (χ2v) is 10.0.